The van der Waals surface area contributed by atoms with Crippen LogP contribution in [0.4, 0.5) is 0 Å². The lowest BCUT2D eigenvalue weighted by atomic mass is 9.96. The predicted molar refractivity (Wildman–Crippen MR) is 157 cm³/mol. The van der Waals surface area contributed by atoms with Gasteiger partial charge in [-0.15, -0.1) is 0 Å². The van der Waals surface area contributed by atoms with E-state index >= 15 is 0 Å². The fourth-order valence-corrected chi connectivity index (χ4v) is 5.84. The first-order valence-corrected chi connectivity index (χ1v) is 14.3. The number of hydrogen-bond donors (Lipinski definition) is 0. The van der Waals surface area contributed by atoms with Crippen LogP contribution in [0.15, 0.2) is 98.3 Å². The molecule has 9 heteroatoms. The number of esters is 1. The zero-order chi connectivity index (χ0) is 27.5. The van der Waals surface area contributed by atoms with E-state index in [4.69, 9.17) is 21.1 Å². The van der Waals surface area contributed by atoms with Gasteiger partial charge in [0.25, 0.3) is 5.56 Å². The molecular weight excluding hydrogens is 600 g/mol. The number of halogens is 2. The third-order valence-electron chi connectivity index (χ3n) is 6.23. The summed E-state index contributed by atoms with van der Waals surface area (Å²) in [4.78, 5) is 31.9. The Morgan fingerprint density at radius 3 is 2.51 bits per heavy atom. The van der Waals surface area contributed by atoms with E-state index in [9.17, 15) is 9.59 Å². The topological polar surface area (TPSA) is 69.9 Å². The molecule has 1 aromatic heterocycles. The molecule has 0 radical (unpaired) electrons. The second-order valence-electron chi connectivity index (χ2n) is 8.80. The van der Waals surface area contributed by atoms with E-state index in [1.807, 2.05) is 78.9 Å². The molecule has 5 rings (SSSR count). The molecule has 6 nitrogen and oxygen atoms in total. The summed E-state index contributed by atoms with van der Waals surface area (Å²) in [6.07, 6.45) is 1.82. The normalized spacial score (nSPS) is 15.1. The van der Waals surface area contributed by atoms with Crippen LogP contribution >= 0.6 is 38.9 Å². The predicted octanol–water partition coefficient (Wildman–Crippen LogP) is 5.79. The van der Waals surface area contributed by atoms with Crippen LogP contribution in [-0.4, -0.2) is 17.1 Å². The van der Waals surface area contributed by atoms with E-state index in [0.29, 0.717) is 38.0 Å². The maximum atomic E-state index is 13.7. The summed E-state index contributed by atoms with van der Waals surface area (Å²) >= 11 is 11.0. The summed E-state index contributed by atoms with van der Waals surface area (Å²) in [5.41, 5.74) is 3.21. The van der Waals surface area contributed by atoms with Crippen LogP contribution in [0.5, 0.6) is 5.75 Å². The van der Waals surface area contributed by atoms with Crippen molar-refractivity contribution >= 4 is 50.9 Å². The number of ether oxygens (including phenoxy) is 2. The molecule has 0 amide bonds. The molecule has 39 heavy (non-hydrogen) atoms. The highest BCUT2D eigenvalue weighted by Gasteiger charge is 2.33. The summed E-state index contributed by atoms with van der Waals surface area (Å²) in [5.74, 6) is 0.215. The van der Waals surface area contributed by atoms with Gasteiger partial charge in [0.15, 0.2) is 4.80 Å². The number of hydrogen-bond acceptors (Lipinski definition) is 6. The number of fused-ring (bicyclic) bond motifs is 1. The van der Waals surface area contributed by atoms with E-state index in [1.165, 1.54) is 11.3 Å². The van der Waals surface area contributed by atoms with Crippen molar-refractivity contribution in [2.24, 2.45) is 4.99 Å². The Kier molecular flexibility index (Phi) is 8.16. The van der Waals surface area contributed by atoms with Gasteiger partial charge in [-0.05, 0) is 61.4 Å². The first kappa shape index (κ1) is 27.1. The van der Waals surface area contributed by atoms with Crippen molar-refractivity contribution in [3.8, 4) is 5.75 Å². The molecule has 198 valence electrons. The second-order valence-corrected chi connectivity index (χ2v) is 11.1. The van der Waals surface area contributed by atoms with Crippen LogP contribution in [0.2, 0.25) is 5.02 Å². The molecule has 0 fully saturated rings. The van der Waals surface area contributed by atoms with Crippen LogP contribution in [0.25, 0.3) is 6.08 Å². The van der Waals surface area contributed by atoms with Gasteiger partial charge in [0.1, 0.15) is 12.4 Å². The molecule has 3 aromatic carbocycles. The Morgan fingerprint density at radius 2 is 1.82 bits per heavy atom. The Labute approximate surface area is 242 Å². The van der Waals surface area contributed by atoms with Crippen molar-refractivity contribution in [3.05, 3.63) is 130 Å². The molecule has 1 atom stereocenters. The highest BCUT2D eigenvalue weighted by molar-refractivity contribution is 9.10. The molecule has 0 saturated carbocycles. The standard InChI is InChI=1S/C30H24BrClN2O4S/c1-3-37-29(36)26-18(2)33-30-34(27(26)20-10-12-22(31)13-11-20)28(35)25(39-30)16-19-8-14-23(15-9-19)38-17-21-6-4-5-7-24(21)32/h4-16,27H,3,17H2,1-2H3. The van der Waals surface area contributed by atoms with Crippen LogP contribution in [0.1, 0.15) is 36.6 Å². The summed E-state index contributed by atoms with van der Waals surface area (Å²) < 4.78 is 14.2. The summed E-state index contributed by atoms with van der Waals surface area (Å²) in [5, 5.41) is 0.660. The molecule has 4 aromatic rings. The maximum absolute atomic E-state index is 13.7. The monoisotopic (exact) mass is 622 g/mol. The van der Waals surface area contributed by atoms with Gasteiger partial charge in [-0.2, -0.15) is 0 Å². The van der Waals surface area contributed by atoms with E-state index in [0.717, 1.165) is 21.2 Å². The fourth-order valence-electron chi connectivity index (χ4n) is 4.34. The molecule has 0 bridgehead atoms. The van der Waals surface area contributed by atoms with Crippen LogP contribution < -0.4 is 19.6 Å². The van der Waals surface area contributed by atoms with E-state index in [2.05, 4.69) is 20.9 Å². The van der Waals surface area contributed by atoms with E-state index in [-0.39, 0.29) is 12.2 Å². The van der Waals surface area contributed by atoms with E-state index in [1.54, 1.807) is 18.4 Å². The molecule has 1 aliphatic heterocycles. The van der Waals surface area contributed by atoms with Crippen molar-refractivity contribution in [2.45, 2.75) is 26.5 Å². The van der Waals surface area contributed by atoms with Gasteiger partial charge in [0, 0.05) is 15.1 Å². The molecule has 1 unspecified atom stereocenters. The van der Waals surface area contributed by atoms with Crippen molar-refractivity contribution in [1.29, 1.82) is 0 Å². The second kappa shape index (κ2) is 11.7. The van der Waals surface area contributed by atoms with Gasteiger partial charge in [0.2, 0.25) is 0 Å². The average Bonchev–Trinajstić information content (AvgIpc) is 3.23. The molecule has 0 spiro atoms. The fraction of sp³-hybridized carbons (Fsp3) is 0.167. The summed E-state index contributed by atoms with van der Waals surface area (Å²) in [6, 6.07) is 22.0. The number of nitrogens with zero attached hydrogens (tertiary/aromatic N) is 2. The minimum Gasteiger partial charge on any atom is -0.489 e. The summed E-state index contributed by atoms with van der Waals surface area (Å²) in [7, 11) is 0. The minimum atomic E-state index is -0.642. The van der Waals surface area contributed by atoms with Crippen molar-refractivity contribution in [2.75, 3.05) is 6.61 Å². The Morgan fingerprint density at radius 1 is 1.10 bits per heavy atom. The largest absolute Gasteiger partial charge is 0.489 e. The van der Waals surface area contributed by atoms with Crippen molar-refractivity contribution < 1.29 is 14.3 Å². The SMILES string of the molecule is CCOC(=O)C1=C(C)N=c2sc(=Cc3ccc(OCc4ccccc4Cl)cc3)c(=O)n2C1c1ccc(Br)cc1. The van der Waals surface area contributed by atoms with Gasteiger partial charge in [-0.25, -0.2) is 9.79 Å². The van der Waals surface area contributed by atoms with Crippen molar-refractivity contribution in [1.82, 2.24) is 4.57 Å². The number of allylic oxidation sites excluding steroid dienone is 1. The smallest absolute Gasteiger partial charge is 0.338 e. The lowest BCUT2D eigenvalue weighted by Crippen LogP contribution is -2.39. The summed E-state index contributed by atoms with van der Waals surface area (Å²) in [6.45, 7) is 4.11. The number of benzene rings is 3. The third-order valence-corrected chi connectivity index (χ3v) is 8.11. The molecular formula is C30H24BrClN2O4S. The quantitative estimate of drug-likeness (QED) is 0.244. The van der Waals surface area contributed by atoms with Gasteiger partial charge < -0.3 is 9.47 Å². The number of carbonyl (C=O) groups excluding carboxylic acids is 1. The van der Waals surface area contributed by atoms with Crippen LogP contribution in [0.3, 0.4) is 0 Å². The number of rotatable bonds is 7. The maximum Gasteiger partial charge on any atom is 0.338 e. The van der Waals surface area contributed by atoms with Crippen molar-refractivity contribution in [3.63, 3.8) is 0 Å². The van der Waals surface area contributed by atoms with Gasteiger partial charge in [0.05, 0.1) is 28.5 Å². The Bertz CT molecular complexity index is 1740. The molecule has 0 aliphatic carbocycles. The Hall–Kier alpha value is -3.46. The lowest BCUT2D eigenvalue weighted by molar-refractivity contribution is -0.139. The zero-order valence-corrected chi connectivity index (χ0v) is 24.3. The molecule has 1 aliphatic rings. The molecule has 0 N–H and O–H groups in total. The number of aromatic nitrogens is 1. The zero-order valence-electron chi connectivity index (χ0n) is 21.2. The average molecular weight is 624 g/mol. The first-order chi connectivity index (χ1) is 18.9. The highest BCUT2D eigenvalue weighted by Crippen LogP contribution is 2.31. The number of carbonyl (C=O) groups is 1. The first-order valence-electron chi connectivity index (χ1n) is 12.3. The van der Waals surface area contributed by atoms with Gasteiger partial charge >= 0.3 is 5.97 Å². The minimum absolute atomic E-state index is 0.222. The highest BCUT2D eigenvalue weighted by atomic mass is 79.9. The van der Waals surface area contributed by atoms with Crippen LogP contribution in [-0.2, 0) is 16.1 Å². The molecule has 2 heterocycles. The molecule has 0 saturated heterocycles. The van der Waals surface area contributed by atoms with Gasteiger partial charge in [-0.3, -0.25) is 9.36 Å². The third kappa shape index (κ3) is 5.78. The lowest BCUT2D eigenvalue weighted by Gasteiger charge is -2.24. The van der Waals surface area contributed by atoms with Gasteiger partial charge in [-0.1, -0.05) is 81.3 Å². The van der Waals surface area contributed by atoms with Crippen LogP contribution in [0, 0.1) is 0 Å². The Balaban J connectivity index is 1.50. The number of thiazole rings is 1. The van der Waals surface area contributed by atoms with E-state index < -0.39 is 12.0 Å².